The summed E-state index contributed by atoms with van der Waals surface area (Å²) in [5.41, 5.74) is 9.82. The molecule has 1 heterocycles. The van der Waals surface area contributed by atoms with Crippen LogP contribution < -0.4 is 23.7 Å². The molecule has 0 bridgehead atoms. The highest BCUT2D eigenvalue weighted by Gasteiger charge is 2.25. The lowest BCUT2D eigenvalue weighted by Gasteiger charge is -2.22. The minimum absolute atomic E-state index is 0.579. The van der Waals surface area contributed by atoms with Gasteiger partial charge in [-0.15, -0.1) is 0 Å². The molecule has 0 N–H and O–H groups in total. The minimum atomic E-state index is 0.579. The Hall–Kier alpha value is -5.41. The van der Waals surface area contributed by atoms with Gasteiger partial charge in [0.1, 0.15) is 46.1 Å². The number of hydrogen-bond acceptors (Lipinski definition) is 9. The Balaban J connectivity index is 1.53. The van der Waals surface area contributed by atoms with Crippen molar-refractivity contribution in [2.24, 2.45) is 0 Å². The Kier molecular flexibility index (Phi) is 23.4. The molecule has 0 aliphatic carbocycles. The molecule has 0 aliphatic heterocycles. The molecule has 0 unspecified atom stereocenters. The van der Waals surface area contributed by atoms with Crippen molar-refractivity contribution >= 4 is 29.0 Å². The summed E-state index contributed by atoms with van der Waals surface area (Å²) in [7, 11) is 0. The molecule has 0 aliphatic rings. The zero-order chi connectivity index (χ0) is 49.2. The fraction of sp³-hybridized carbons (Fsp3) is 0.492. The number of carbonyl (C=O) groups is 1. The minimum Gasteiger partial charge on any atom is -0.493 e. The van der Waals surface area contributed by atoms with Gasteiger partial charge in [0.15, 0.2) is 0 Å². The lowest BCUT2D eigenvalue weighted by atomic mass is 9.92. The van der Waals surface area contributed by atoms with Crippen LogP contribution in [0.15, 0.2) is 84.9 Å². The number of para-hydroxylation sites is 1. The zero-order valence-electron chi connectivity index (χ0n) is 43.1. The van der Waals surface area contributed by atoms with E-state index in [1.54, 1.807) is 0 Å². The number of benzene rings is 5. The van der Waals surface area contributed by atoms with Crippen LogP contribution in [0.2, 0.25) is 0 Å². The molecule has 6 aromatic rings. The number of nitrogens with zero attached hydrogens (tertiary/aromatic N) is 2. The Morgan fingerprint density at radius 2 is 0.843 bits per heavy atom. The van der Waals surface area contributed by atoms with Gasteiger partial charge in [0, 0.05) is 56.6 Å². The van der Waals surface area contributed by atoms with E-state index < -0.39 is 0 Å². The Bertz CT molecular complexity index is 2460. The molecule has 0 saturated carbocycles. The van der Waals surface area contributed by atoms with Gasteiger partial charge >= 0.3 is 0 Å². The summed E-state index contributed by atoms with van der Waals surface area (Å²) < 4.78 is 43.7. The Labute approximate surface area is 424 Å². The van der Waals surface area contributed by atoms with Crippen molar-refractivity contribution in [3.63, 3.8) is 0 Å². The largest absolute Gasteiger partial charge is 0.493 e. The second-order valence-corrected chi connectivity index (χ2v) is 19.1. The lowest BCUT2D eigenvalue weighted by Crippen LogP contribution is -2.06. The highest BCUT2D eigenvalue weighted by molar-refractivity contribution is 7.00. The van der Waals surface area contributed by atoms with Crippen LogP contribution in [0.5, 0.6) is 28.7 Å². The van der Waals surface area contributed by atoms with E-state index in [2.05, 4.69) is 95.3 Å². The molecule has 0 atom stereocenters. The van der Waals surface area contributed by atoms with Crippen LogP contribution in [0.3, 0.4) is 0 Å². The number of ether oxygens (including phenoxy) is 5. The second kappa shape index (κ2) is 30.4. The average Bonchev–Trinajstić information content (AvgIpc) is 3.89. The molecule has 70 heavy (non-hydrogen) atoms. The van der Waals surface area contributed by atoms with Crippen LogP contribution in [-0.2, 0) is 0 Å². The van der Waals surface area contributed by atoms with Crippen molar-refractivity contribution < 1.29 is 28.5 Å². The molecule has 0 fully saturated rings. The first kappa shape index (κ1) is 53.9. The van der Waals surface area contributed by atoms with Gasteiger partial charge in [-0.1, -0.05) is 186 Å². The third kappa shape index (κ3) is 15.5. The molecule has 0 saturated heterocycles. The molecule has 0 amide bonds. The fourth-order valence-electron chi connectivity index (χ4n) is 8.88. The van der Waals surface area contributed by atoms with Crippen LogP contribution in [0.1, 0.15) is 173 Å². The van der Waals surface area contributed by atoms with E-state index in [-0.39, 0.29) is 0 Å². The summed E-state index contributed by atoms with van der Waals surface area (Å²) in [6, 6.07) is 29.0. The quantitative estimate of drug-likeness (QED) is 0.0287. The number of aldehydes is 1. The topological polar surface area (TPSA) is 89.0 Å². The number of carbonyl (C=O) groups excluding carboxylic acids is 1. The first-order valence-corrected chi connectivity index (χ1v) is 27.7. The third-order valence-corrected chi connectivity index (χ3v) is 13.5. The van der Waals surface area contributed by atoms with Crippen molar-refractivity contribution in [2.45, 2.75) is 163 Å². The molecule has 376 valence electrons. The van der Waals surface area contributed by atoms with Crippen LogP contribution in [-0.4, -0.2) is 48.1 Å². The molecule has 6 rings (SSSR count). The highest BCUT2D eigenvalue weighted by atomic mass is 32.1. The van der Waals surface area contributed by atoms with Crippen molar-refractivity contribution in [3.05, 3.63) is 90.5 Å². The van der Waals surface area contributed by atoms with Gasteiger partial charge in [0.25, 0.3) is 0 Å². The van der Waals surface area contributed by atoms with E-state index in [1.807, 2.05) is 24.3 Å². The summed E-state index contributed by atoms with van der Waals surface area (Å²) >= 11 is 1.20. The molecular formula is C61H80N2O6S. The number of fused-ring (bicyclic) bond motifs is 1. The molecule has 0 radical (unpaired) electrons. The van der Waals surface area contributed by atoms with Gasteiger partial charge < -0.3 is 23.7 Å². The summed E-state index contributed by atoms with van der Waals surface area (Å²) in [5, 5.41) is 0. The second-order valence-electron chi connectivity index (χ2n) is 18.6. The van der Waals surface area contributed by atoms with E-state index in [0.29, 0.717) is 38.6 Å². The van der Waals surface area contributed by atoms with Crippen molar-refractivity contribution in [1.29, 1.82) is 0 Å². The number of rotatable bonds is 35. The maximum atomic E-state index is 11.5. The van der Waals surface area contributed by atoms with Gasteiger partial charge in [0.2, 0.25) is 0 Å². The normalized spacial score (nSPS) is 11.3. The molecule has 5 aromatic carbocycles. The summed E-state index contributed by atoms with van der Waals surface area (Å²) in [6.45, 7) is 14.2. The number of unbranched alkanes of at least 4 members (excludes halogenated alkanes) is 15. The van der Waals surface area contributed by atoms with Crippen LogP contribution in [0, 0.1) is 0 Å². The van der Waals surface area contributed by atoms with Gasteiger partial charge in [0.05, 0.1) is 44.8 Å². The Morgan fingerprint density at radius 3 is 1.37 bits per heavy atom. The molecule has 1 aromatic heterocycles. The summed E-state index contributed by atoms with van der Waals surface area (Å²) in [6.07, 6.45) is 23.0. The first-order valence-electron chi connectivity index (χ1n) is 27.0. The maximum absolute atomic E-state index is 11.5. The van der Waals surface area contributed by atoms with Crippen molar-refractivity contribution in [2.75, 3.05) is 33.0 Å². The van der Waals surface area contributed by atoms with Gasteiger partial charge in [-0.2, -0.15) is 8.75 Å². The lowest BCUT2D eigenvalue weighted by molar-refractivity contribution is 0.112. The first-order chi connectivity index (χ1) is 34.5. The maximum Gasteiger partial charge on any atom is 0.150 e. The number of hydrogen-bond donors (Lipinski definition) is 0. The summed E-state index contributed by atoms with van der Waals surface area (Å²) in [4.78, 5) is 11.5. The Morgan fingerprint density at radius 1 is 0.400 bits per heavy atom. The van der Waals surface area contributed by atoms with E-state index in [1.165, 1.54) is 50.3 Å². The van der Waals surface area contributed by atoms with Crippen LogP contribution in [0.25, 0.3) is 55.5 Å². The van der Waals surface area contributed by atoms with Crippen molar-refractivity contribution in [1.82, 2.24) is 8.75 Å². The van der Waals surface area contributed by atoms with Gasteiger partial charge in [-0.3, -0.25) is 4.79 Å². The fourth-order valence-corrected chi connectivity index (χ4v) is 9.46. The monoisotopic (exact) mass is 969 g/mol. The van der Waals surface area contributed by atoms with E-state index >= 15 is 0 Å². The van der Waals surface area contributed by atoms with Gasteiger partial charge in [-0.05, 0) is 55.9 Å². The predicted octanol–water partition coefficient (Wildman–Crippen LogP) is 18.0. The highest BCUT2D eigenvalue weighted by Crippen LogP contribution is 2.50. The standard InChI is InChI=1S/C61H80N2O6S/c1-6-11-16-21-37-65-48-33-34-50(56(42-48)66-38-22-17-12-7-2)52-27-26-28-53(61(52)69-41-25-20-15-10-5)55-43-54(57(67-39-23-18-13-8-3)44-58(55)68-40-24-19-14-9-4)51-36-35-49(59-60(51)63-70-62-59)47-31-29-46(45-64)30-32-47/h26-36,42-45H,6-25,37-41H2,1-5H3. The molecule has 0 spiro atoms. The van der Waals surface area contributed by atoms with Gasteiger partial charge in [-0.25, -0.2) is 0 Å². The predicted molar refractivity (Wildman–Crippen MR) is 293 cm³/mol. The van der Waals surface area contributed by atoms with Crippen molar-refractivity contribution in [3.8, 4) is 73.3 Å². The molecule has 9 heteroatoms. The number of aromatic nitrogens is 2. The third-order valence-electron chi connectivity index (χ3n) is 13.0. The van der Waals surface area contributed by atoms with Crippen LogP contribution >= 0.6 is 11.7 Å². The van der Waals surface area contributed by atoms with E-state index in [9.17, 15) is 4.79 Å². The average molecular weight is 969 g/mol. The van der Waals surface area contributed by atoms with E-state index in [4.69, 9.17) is 32.4 Å². The molecular weight excluding hydrogens is 889 g/mol. The molecule has 8 nitrogen and oxygen atoms in total. The zero-order valence-corrected chi connectivity index (χ0v) is 43.9. The summed E-state index contributed by atoms with van der Waals surface area (Å²) in [5.74, 6) is 3.93. The SMILES string of the molecule is CCCCCCOc1ccc(-c2cccc(-c3cc(-c4ccc(-c5ccc(C=O)cc5)c5nsnc45)c(OCCCCCC)cc3OCCCCCC)c2OCCCCCC)c(OCCCCCC)c1. The van der Waals surface area contributed by atoms with E-state index in [0.717, 1.165) is 180 Å². The smallest absolute Gasteiger partial charge is 0.150 e. The van der Waals surface area contributed by atoms with Crippen LogP contribution in [0.4, 0.5) is 0 Å².